The molecule has 1 heterocycles. The Hall–Kier alpha value is -2.04. The van der Waals surface area contributed by atoms with Gasteiger partial charge in [0.05, 0.1) is 12.6 Å². The monoisotopic (exact) mass is 573 g/mol. The highest BCUT2D eigenvalue weighted by atomic mass is 127. The van der Waals surface area contributed by atoms with Gasteiger partial charge in [0.2, 0.25) is 0 Å². The van der Waals surface area contributed by atoms with E-state index >= 15 is 0 Å². The van der Waals surface area contributed by atoms with Crippen molar-refractivity contribution in [3.8, 4) is 0 Å². The molecule has 0 saturated carbocycles. The van der Waals surface area contributed by atoms with E-state index in [4.69, 9.17) is 9.73 Å². The number of aliphatic imine (C=N–C) groups is 1. The van der Waals surface area contributed by atoms with E-state index in [1.165, 1.54) is 0 Å². The fourth-order valence-electron chi connectivity index (χ4n) is 3.36. The maximum Gasteiger partial charge on any atom is 0.407 e. The SMILES string of the molecule is CCNC(=NCc1cccc(C(=O)NC(C)CC)c1)N1CCC(NC(=O)OC(C)(C)C)C1.I. The normalized spacial score (nSPS) is 17.1. The van der Waals surface area contributed by atoms with Crippen LogP contribution in [-0.2, 0) is 11.3 Å². The lowest BCUT2D eigenvalue weighted by molar-refractivity contribution is 0.0507. The van der Waals surface area contributed by atoms with Gasteiger partial charge in [0.15, 0.2) is 5.96 Å². The molecule has 1 saturated heterocycles. The smallest absolute Gasteiger partial charge is 0.407 e. The van der Waals surface area contributed by atoms with Crippen molar-refractivity contribution in [3.63, 3.8) is 0 Å². The number of guanidine groups is 1. The highest BCUT2D eigenvalue weighted by molar-refractivity contribution is 14.0. The van der Waals surface area contributed by atoms with Crippen LogP contribution in [0.2, 0.25) is 0 Å². The summed E-state index contributed by atoms with van der Waals surface area (Å²) in [7, 11) is 0. The second kappa shape index (κ2) is 13.6. The van der Waals surface area contributed by atoms with Gasteiger partial charge in [-0.25, -0.2) is 9.79 Å². The molecule has 2 amide bonds. The Morgan fingerprint density at radius 2 is 2.00 bits per heavy atom. The lowest BCUT2D eigenvalue weighted by Gasteiger charge is -2.23. The first-order valence-corrected chi connectivity index (χ1v) is 11.5. The number of nitrogens with one attached hydrogen (secondary N) is 3. The van der Waals surface area contributed by atoms with Gasteiger partial charge in [-0.05, 0) is 65.2 Å². The molecule has 2 atom stereocenters. The first kappa shape index (κ1) is 29.0. The van der Waals surface area contributed by atoms with E-state index in [0.717, 1.165) is 37.5 Å². The molecule has 8 nitrogen and oxygen atoms in total. The third-order valence-corrected chi connectivity index (χ3v) is 5.13. The highest BCUT2D eigenvalue weighted by Gasteiger charge is 2.27. The number of hydrogen-bond donors (Lipinski definition) is 3. The third-order valence-electron chi connectivity index (χ3n) is 5.13. The van der Waals surface area contributed by atoms with E-state index in [-0.39, 0.29) is 42.0 Å². The topological polar surface area (TPSA) is 95.1 Å². The van der Waals surface area contributed by atoms with Gasteiger partial charge in [0.25, 0.3) is 5.91 Å². The van der Waals surface area contributed by atoms with Crippen molar-refractivity contribution in [1.29, 1.82) is 0 Å². The molecule has 0 aliphatic carbocycles. The molecule has 3 N–H and O–H groups in total. The molecule has 2 rings (SSSR count). The van der Waals surface area contributed by atoms with E-state index in [9.17, 15) is 9.59 Å². The van der Waals surface area contributed by atoms with Gasteiger partial charge >= 0.3 is 6.09 Å². The molecule has 0 radical (unpaired) electrons. The average molecular weight is 574 g/mol. The molecule has 1 fully saturated rings. The Morgan fingerprint density at radius 3 is 2.64 bits per heavy atom. The molecule has 1 aromatic rings. The number of hydrogen-bond acceptors (Lipinski definition) is 4. The summed E-state index contributed by atoms with van der Waals surface area (Å²) in [5.74, 6) is 0.739. The summed E-state index contributed by atoms with van der Waals surface area (Å²) in [4.78, 5) is 31.4. The van der Waals surface area contributed by atoms with Crippen molar-refractivity contribution < 1.29 is 14.3 Å². The number of rotatable bonds is 7. The summed E-state index contributed by atoms with van der Waals surface area (Å²) in [6.45, 7) is 14.3. The summed E-state index contributed by atoms with van der Waals surface area (Å²) in [5, 5.41) is 9.27. The Kier molecular flexibility index (Phi) is 12.0. The maximum absolute atomic E-state index is 12.4. The fourth-order valence-corrected chi connectivity index (χ4v) is 3.36. The van der Waals surface area contributed by atoms with Crippen molar-refractivity contribution in [2.24, 2.45) is 4.99 Å². The van der Waals surface area contributed by atoms with Gasteiger partial charge in [0, 0.05) is 31.2 Å². The largest absolute Gasteiger partial charge is 0.444 e. The second-order valence-electron chi connectivity index (χ2n) is 9.23. The van der Waals surface area contributed by atoms with Crippen LogP contribution in [0.4, 0.5) is 4.79 Å². The van der Waals surface area contributed by atoms with E-state index in [1.807, 2.05) is 65.8 Å². The van der Waals surface area contributed by atoms with Crippen LogP contribution in [0.15, 0.2) is 29.3 Å². The zero-order valence-corrected chi connectivity index (χ0v) is 23.1. The summed E-state index contributed by atoms with van der Waals surface area (Å²) >= 11 is 0. The Labute approximate surface area is 215 Å². The molecule has 2 unspecified atom stereocenters. The predicted octanol–water partition coefficient (Wildman–Crippen LogP) is 3.90. The number of alkyl carbamates (subject to hydrolysis) is 1. The summed E-state index contributed by atoms with van der Waals surface area (Å²) in [6, 6.07) is 7.73. The van der Waals surface area contributed by atoms with Gasteiger partial charge in [-0.2, -0.15) is 0 Å². The zero-order chi connectivity index (χ0) is 23.7. The van der Waals surface area contributed by atoms with Crippen molar-refractivity contribution in [3.05, 3.63) is 35.4 Å². The number of carbonyl (C=O) groups is 2. The quantitative estimate of drug-likeness (QED) is 0.262. The number of ether oxygens (including phenoxy) is 1. The molecule has 1 aliphatic heterocycles. The van der Waals surface area contributed by atoms with Gasteiger partial charge < -0.3 is 25.6 Å². The van der Waals surface area contributed by atoms with Gasteiger partial charge in [0.1, 0.15) is 5.60 Å². The first-order valence-electron chi connectivity index (χ1n) is 11.5. The number of amides is 2. The van der Waals surface area contributed by atoms with Crippen LogP contribution in [0.1, 0.15) is 70.3 Å². The summed E-state index contributed by atoms with van der Waals surface area (Å²) in [6.07, 6.45) is 1.33. The number of halogens is 1. The standard InChI is InChI=1S/C24H39N5O3.HI/c1-7-17(3)27-21(30)19-11-9-10-18(14-19)15-26-22(25-8-2)29-13-12-20(16-29)28-23(31)32-24(4,5)6;/h9-11,14,17,20H,7-8,12-13,15-16H2,1-6H3,(H,25,26)(H,27,30)(H,28,31);1H. The molecule has 1 aromatic carbocycles. The number of likely N-dealkylation sites (tertiary alicyclic amines) is 1. The Bertz CT molecular complexity index is 810. The maximum atomic E-state index is 12.4. The van der Waals surface area contributed by atoms with Crippen LogP contribution >= 0.6 is 24.0 Å². The summed E-state index contributed by atoms with van der Waals surface area (Å²) < 4.78 is 5.36. The zero-order valence-electron chi connectivity index (χ0n) is 20.7. The van der Waals surface area contributed by atoms with Crippen molar-refractivity contribution in [1.82, 2.24) is 20.9 Å². The van der Waals surface area contributed by atoms with E-state index in [2.05, 4.69) is 20.9 Å². The minimum absolute atomic E-state index is 0. The Balaban J connectivity index is 0.00000544. The van der Waals surface area contributed by atoms with Gasteiger partial charge in [-0.3, -0.25) is 4.79 Å². The minimum atomic E-state index is -0.515. The van der Waals surface area contributed by atoms with Crippen molar-refractivity contribution in [2.75, 3.05) is 19.6 Å². The molecule has 1 aliphatic rings. The molecule has 0 aromatic heterocycles. The molecule has 33 heavy (non-hydrogen) atoms. The van der Waals surface area contributed by atoms with Crippen LogP contribution in [0.3, 0.4) is 0 Å². The lowest BCUT2D eigenvalue weighted by atomic mass is 10.1. The molecule has 9 heteroatoms. The summed E-state index contributed by atoms with van der Waals surface area (Å²) in [5.41, 5.74) is 1.10. The number of benzene rings is 1. The van der Waals surface area contributed by atoms with Crippen molar-refractivity contribution >= 4 is 41.9 Å². The van der Waals surface area contributed by atoms with Crippen molar-refractivity contribution in [2.45, 2.75) is 78.6 Å². The van der Waals surface area contributed by atoms with Crippen LogP contribution in [0.25, 0.3) is 0 Å². The predicted molar refractivity (Wildman–Crippen MR) is 143 cm³/mol. The van der Waals surface area contributed by atoms with Crippen LogP contribution in [-0.4, -0.2) is 60.2 Å². The molecule has 186 valence electrons. The van der Waals surface area contributed by atoms with Crippen LogP contribution in [0.5, 0.6) is 0 Å². The van der Waals surface area contributed by atoms with E-state index < -0.39 is 11.7 Å². The lowest BCUT2D eigenvalue weighted by Crippen LogP contribution is -2.44. The second-order valence-corrected chi connectivity index (χ2v) is 9.23. The van der Waals surface area contributed by atoms with E-state index in [0.29, 0.717) is 18.7 Å². The first-order chi connectivity index (χ1) is 15.1. The number of nitrogens with zero attached hydrogens (tertiary/aromatic N) is 2. The highest BCUT2D eigenvalue weighted by Crippen LogP contribution is 2.13. The van der Waals surface area contributed by atoms with Gasteiger partial charge in [-0.15, -0.1) is 24.0 Å². The third kappa shape index (κ3) is 10.2. The Morgan fingerprint density at radius 1 is 1.27 bits per heavy atom. The van der Waals surface area contributed by atoms with Crippen LogP contribution in [0, 0.1) is 0 Å². The minimum Gasteiger partial charge on any atom is -0.444 e. The molecular weight excluding hydrogens is 533 g/mol. The van der Waals surface area contributed by atoms with Gasteiger partial charge in [-0.1, -0.05) is 19.1 Å². The van der Waals surface area contributed by atoms with Crippen LogP contribution < -0.4 is 16.0 Å². The number of carbonyl (C=O) groups excluding carboxylic acids is 2. The molecular formula is C24H40IN5O3. The molecule has 0 spiro atoms. The fraction of sp³-hybridized carbons (Fsp3) is 0.625. The average Bonchev–Trinajstić information content (AvgIpc) is 3.17. The molecule has 0 bridgehead atoms. The van der Waals surface area contributed by atoms with E-state index in [1.54, 1.807) is 0 Å².